The summed E-state index contributed by atoms with van der Waals surface area (Å²) in [5.74, 6) is 1.54. The molecule has 0 spiro atoms. The monoisotopic (exact) mass is 567 g/mol. The van der Waals surface area contributed by atoms with Crippen molar-refractivity contribution >= 4 is 35.2 Å². The van der Waals surface area contributed by atoms with Gasteiger partial charge in [0.25, 0.3) is 5.91 Å². The highest BCUT2D eigenvalue weighted by molar-refractivity contribution is 6.34. The van der Waals surface area contributed by atoms with Crippen molar-refractivity contribution in [3.05, 3.63) is 64.2 Å². The number of benzene rings is 2. The van der Waals surface area contributed by atoms with E-state index in [1.54, 1.807) is 57.2 Å². The van der Waals surface area contributed by atoms with Crippen molar-refractivity contribution in [1.82, 2.24) is 10.2 Å². The number of hydrogen-bond donors (Lipinski definition) is 2. The molecule has 2 aromatic carbocycles. The number of halogens is 1. The van der Waals surface area contributed by atoms with E-state index in [1.807, 2.05) is 40.7 Å². The summed E-state index contributed by atoms with van der Waals surface area (Å²) in [5.41, 5.74) is 1.47. The lowest BCUT2D eigenvalue weighted by Crippen LogP contribution is -2.57. The zero-order chi connectivity index (χ0) is 30.2. The average Bonchev–Trinajstić information content (AvgIpc) is 2.90. The van der Waals surface area contributed by atoms with Gasteiger partial charge < -0.3 is 20.3 Å². The maximum absolute atomic E-state index is 14.4. The highest BCUT2D eigenvalue weighted by Gasteiger charge is 2.41. The smallest absolute Gasteiger partial charge is 0.408 e. The van der Waals surface area contributed by atoms with Crippen LogP contribution in [-0.4, -0.2) is 40.5 Å². The van der Waals surface area contributed by atoms with Crippen LogP contribution >= 0.6 is 11.6 Å². The van der Waals surface area contributed by atoms with E-state index in [9.17, 15) is 14.4 Å². The SMILES string of the molecule is C#Cc1ccccc1C(C(=O)Nc1c(C)cccc1Cl)N(C(=O)C(NC(=O)OC(C)(C)C)C(C)CC)C(C)CC. The Morgan fingerprint density at radius 2 is 1.70 bits per heavy atom. The van der Waals surface area contributed by atoms with Gasteiger partial charge in [0.15, 0.2) is 0 Å². The number of amides is 3. The normalized spacial score (nSPS) is 14.2. The van der Waals surface area contributed by atoms with Crippen LogP contribution in [0.25, 0.3) is 0 Å². The van der Waals surface area contributed by atoms with Crippen molar-refractivity contribution < 1.29 is 19.1 Å². The Hall–Kier alpha value is -3.50. The number of rotatable bonds is 10. The number of carbonyl (C=O) groups excluding carboxylic acids is 3. The molecule has 4 unspecified atom stereocenters. The molecule has 0 aliphatic carbocycles. The van der Waals surface area contributed by atoms with Crippen molar-refractivity contribution in [3.8, 4) is 12.3 Å². The van der Waals surface area contributed by atoms with Crippen LogP contribution in [0.3, 0.4) is 0 Å². The summed E-state index contributed by atoms with van der Waals surface area (Å²) in [6, 6.07) is 9.96. The van der Waals surface area contributed by atoms with Crippen molar-refractivity contribution in [3.63, 3.8) is 0 Å². The van der Waals surface area contributed by atoms with E-state index in [1.165, 1.54) is 4.90 Å². The molecule has 2 N–H and O–H groups in total. The van der Waals surface area contributed by atoms with Crippen LogP contribution in [0.2, 0.25) is 5.02 Å². The van der Waals surface area contributed by atoms with Crippen LogP contribution in [0, 0.1) is 25.2 Å². The molecule has 0 bridgehead atoms. The number of carbonyl (C=O) groups is 3. The Bertz CT molecular complexity index is 1230. The first kappa shape index (κ1) is 32.7. The first-order valence-corrected chi connectivity index (χ1v) is 14.1. The molecule has 0 heterocycles. The number of nitrogens with zero attached hydrogens (tertiary/aromatic N) is 1. The molecule has 2 aromatic rings. The summed E-state index contributed by atoms with van der Waals surface area (Å²) in [7, 11) is 0. The number of terminal acetylenes is 1. The van der Waals surface area contributed by atoms with Crippen LogP contribution in [0.1, 0.15) is 84.0 Å². The lowest BCUT2D eigenvalue weighted by atomic mass is 9.92. The van der Waals surface area contributed by atoms with Crippen LogP contribution in [-0.2, 0) is 14.3 Å². The first-order valence-electron chi connectivity index (χ1n) is 13.7. The van der Waals surface area contributed by atoms with E-state index in [2.05, 4.69) is 16.6 Å². The predicted octanol–water partition coefficient (Wildman–Crippen LogP) is 6.88. The molecule has 4 atom stereocenters. The first-order chi connectivity index (χ1) is 18.7. The van der Waals surface area contributed by atoms with Gasteiger partial charge in [-0.05, 0) is 70.2 Å². The summed E-state index contributed by atoms with van der Waals surface area (Å²) in [6.45, 7) is 14.7. The van der Waals surface area contributed by atoms with Crippen LogP contribution in [0.5, 0.6) is 0 Å². The van der Waals surface area contributed by atoms with Gasteiger partial charge in [-0.15, -0.1) is 6.42 Å². The second kappa shape index (κ2) is 14.2. The molecule has 40 heavy (non-hydrogen) atoms. The van der Waals surface area contributed by atoms with E-state index in [4.69, 9.17) is 22.8 Å². The van der Waals surface area contributed by atoms with Crippen LogP contribution in [0.4, 0.5) is 10.5 Å². The van der Waals surface area contributed by atoms with E-state index in [0.29, 0.717) is 34.7 Å². The lowest BCUT2D eigenvalue weighted by molar-refractivity contribution is -0.144. The molecule has 0 aliphatic rings. The van der Waals surface area contributed by atoms with Crippen molar-refractivity contribution in [1.29, 1.82) is 0 Å². The number of para-hydroxylation sites is 1. The topological polar surface area (TPSA) is 87.7 Å². The second-order valence-corrected chi connectivity index (χ2v) is 11.5. The molecule has 0 saturated heterocycles. The molecule has 3 amide bonds. The Morgan fingerprint density at radius 3 is 2.25 bits per heavy atom. The van der Waals surface area contributed by atoms with Crippen molar-refractivity contribution in [2.24, 2.45) is 5.92 Å². The fraction of sp³-hybridized carbons (Fsp3) is 0.469. The van der Waals surface area contributed by atoms with Crippen LogP contribution in [0.15, 0.2) is 42.5 Å². The number of aryl methyl sites for hydroxylation is 1. The second-order valence-electron chi connectivity index (χ2n) is 11.1. The van der Waals surface area contributed by atoms with E-state index < -0.39 is 35.6 Å². The highest BCUT2D eigenvalue weighted by atomic mass is 35.5. The zero-order valence-corrected chi connectivity index (χ0v) is 25.6. The number of alkyl carbamates (subject to hydrolysis) is 1. The average molecular weight is 568 g/mol. The third kappa shape index (κ3) is 8.25. The number of nitrogens with one attached hydrogen (secondary N) is 2. The van der Waals surface area contributed by atoms with Crippen molar-refractivity contribution in [2.45, 2.75) is 92.0 Å². The minimum Gasteiger partial charge on any atom is -0.444 e. The number of ether oxygens (including phenoxy) is 1. The van der Waals surface area contributed by atoms with Crippen LogP contribution < -0.4 is 10.6 Å². The quantitative estimate of drug-likeness (QED) is 0.306. The number of hydrogen-bond acceptors (Lipinski definition) is 4. The third-order valence-corrected chi connectivity index (χ3v) is 7.19. The molecule has 0 aliphatic heterocycles. The van der Waals surface area contributed by atoms with Gasteiger partial charge in [0.1, 0.15) is 17.7 Å². The highest BCUT2D eigenvalue weighted by Crippen LogP contribution is 2.33. The lowest BCUT2D eigenvalue weighted by Gasteiger charge is -2.39. The van der Waals surface area contributed by atoms with Gasteiger partial charge >= 0.3 is 6.09 Å². The maximum Gasteiger partial charge on any atom is 0.408 e. The molecular formula is C32H42ClN3O4. The molecule has 216 valence electrons. The number of anilines is 1. The molecule has 7 nitrogen and oxygen atoms in total. The van der Waals surface area contributed by atoms with Gasteiger partial charge in [-0.2, -0.15) is 0 Å². The molecule has 0 saturated carbocycles. The Labute approximate surface area is 244 Å². The van der Waals surface area contributed by atoms with Gasteiger partial charge in [-0.3, -0.25) is 9.59 Å². The summed E-state index contributed by atoms with van der Waals surface area (Å²) in [4.78, 5) is 43.0. The minimum absolute atomic E-state index is 0.246. The zero-order valence-electron chi connectivity index (χ0n) is 24.8. The minimum atomic E-state index is -1.10. The maximum atomic E-state index is 14.4. The summed E-state index contributed by atoms with van der Waals surface area (Å²) in [6.07, 6.45) is 6.31. The largest absolute Gasteiger partial charge is 0.444 e. The summed E-state index contributed by atoms with van der Waals surface area (Å²) >= 11 is 6.45. The molecule has 0 fully saturated rings. The molecular weight excluding hydrogens is 526 g/mol. The Kier molecular flexibility index (Phi) is 11.6. The molecule has 8 heteroatoms. The van der Waals surface area contributed by atoms with Gasteiger partial charge in [0.2, 0.25) is 5.91 Å². The molecule has 2 rings (SSSR count). The van der Waals surface area contributed by atoms with Gasteiger partial charge in [-0.25, -0.2) is 4.79 Å². The van der Waals surface area contributed by atoms with Crippen molar-refractivity contribution in [2.75, 3.05) is 5.32 Å². The van der Waals surface area contributed by atoms with E-state index >= 15 is 0 Å². The van der Waals surface area contributed by atoms with E-state index in [-0.39, 0.29) is 12.0 Å². The standard InChI is InChI=1S/C32H42ClN3O4/c1-10-20(4)27(35-31(39)40-32(7,8)9)30(38)36(22(6)11-2)28(24-18-14-13-17-23(24)12-3)29(37)34-26-21(5)16-15-19-25(26)33/h3,13-20,22,27-28H,10-11H2,1-2,4-9H3,(H,34,37)(H,35,39). The van der Waals surface area contributed by atoms with Gasteiger partial charge in [-0.1, -0.05) is 75.0 Å². The van der Waals surface area contributed by atoms with Gasteiger partial charge in [0.05, 0.1) is 10.7 Å². The molecule has 0 aromatic heterocycles. The fourth-order valence-corrected chi connectivity index (χ4v) is 4.61. The van der Waals surface area contributed by atoms with Gasteiger partial charge in [0, 0.05) is 11.6 Å². The summed E-state index contributed by atoms with van der Waals surface area (Å²) < 4.78 is 5.47. The summed E-state index contributed by atoms with van der Waals surface area (Å²) in [5, 5.41) is 6.11. The third-order valence-electron chi connectivity index (χ3n) is 6.88. The predicted molar refractivity (Wildman–Crippen MR) is 161 cm³/mol. The Balaban J connectivity index is 2.70. The Morgan fingerprint density at radius 1 is 1.05 bits per heavy atom. The fourth-order valence-electron chi connectivity index (χ4n) is 4.34. The molecule has 0 radical (unpaired) electrons. The van der Waals surface area contributed by atoms with E-state index in [0.717, 1.165) is 5.56 Å².